The van der Waals surface area contributed by atoms with Crippen LogP contribution in [0, 0.1) is 6.92 Å². The number of nitrogen functional groups attached to an aromatic ring is 1. The van der Waals surface area contributed by atoms with Crippen molar-refractivity contribution >= 4 is 28.9 Å². The van der Waals surface area contributed by atoms with Crippen LogP contribution in [0.1, 0.15) is 16.1 Å². The molecule has 2 heterocycles. The Hall–Kier alpha value is -2.96. The van der Waals surface area contributed by atoms with Crippen LogP contribution in [0.5, 0.6) is 5.75 Å². The van der Waals surface area contributed by atoms with Crippen molar-refractivity contribution in [2.24, 2.45) is 0 Å². The van der Waals surface area contributed by atoms with Crippen LogP contribution < -0.4 is 21.1 Å². The van der Waals surface area contributed by atoms with E-state index in [2.05, 4.69) is 10.6 Å². The van der Waals surface area contributed by atoms with Gasteiger partial charge in [0.2, 0.25) is 0 Å². The number of rotatable bonds is 2. The van der Waals surface area contributed by atoms with Crippen molar-refractivity contribution in [2.75, 3.05) is 23.0 Å². The summed E-state index contributed by atoms with van der Waals surface area (Å²) in [4.78, 5) is 23.4. The fourth-order valence-corrected chi connectivity index (χ4v) is 2.06. The molecule has 2 aromatic rings. The lowest BCUT2D eigenvalue weighted by Crippen LogP contribution is -2.25. The molecule has 0 saturated heterocycles. The number of amides is 2. The van der Waals surface area contributed by atoms with Crippen molar-refractivity contribution in [2.45, 2.75) is 6.92 Å². The number of carbonyl (C=O) groups excluding carboxylic acids is 2. The molecule has 0 fully saturated rings. The third-order valence-electron chi connectivity index (χ3n) is 3.14. The maximum absolute atomic E-state index is 12.1. The van der Waals surface area contributed by atoms with Crippen molar-refractivity contribution in [1.82, 2.24) is 0 Å². The normalized spacial score (nSPS) is 13.1. The number of anilines is 3. The summed E-state index contributed by atoms with van der Waals surface area (Å²) in [6.45, 7) is 1.64. The molecule has 108 valence electrons. The molecule has 21 heavy (non-hydrogen) atoms. The van der Waals surface area contributed by atoms with E-state index in [-0.39, 0.29) is 18.4 Å². The molecule has 0 bridgehead atoms. The molecule has 0 aliphatic carbocycles. The van der Waals surface area contributed by atoms with Gasteiger partial charge in [0, 0.05) is 6.07 Å². The third-order valence-corrected chi connectivity index (χ3v) is 3.14. The maximum atomic E-state index is 12.1. The van der Waals surface area contributed by atoms with Crippen LogP contribution >= 0.6 is 0 Å². The van der Waals surface area contributed by atoms with Crippen LogP contribution in [0.2, 0.25) is 0 Å². The first-order valence-electron chi connectivity index (χ1n) is 6.26. The van der Waals surface area contributed by atoms with Gasteiger partial charge in [-0.2, -0.15) is 0 Å². The molecule has 0 radical (unpaired) electrons. The van der Waals surface area contributed by atoms with Gasteiger partial charge in [-0.1, -0.05) is 0 Å². The number of carbonyl (C=O) groups is 2. The van der Waals surface area contributed by atoms with Crippen LogP contribution in [-0.4, -0.2) is 18.4 Å². The first-order chi connectivity index (χ1) is 10.0. The summed E-state index contributed by atoms with van der Waals surface area (Å²) in [7, 11) is 0. The van der Waals surface area contributed by atoms with Gasteiger partial charge in [0.05, 0.1) is 28.9 Å². The monoisotopic (exact) mass is 287 g/mol. The maximum Gasteiger partial charge on any atom is 0.262 e. The number of hydrogen-bond acceptors (Lipinski definition) is 5. The summed E-state index contributed by atoms with van der Waals surface area (Å²) in [6.07, 6.45) is 1.44. The standard InChI is InChI=1S/C14H13N3O4/c1-7-8(2-3-20-7)14(19)17-10-5-11-12(4-9(10)15)21-6-13(18)16-11/h2-5H,6,15H2,1H3,(H,16,18)(H,17,19). The minimum absolute atomic E-state index is 0.0492. The summed E-state index contributed by atoms with van der Waals surface area (Å²) < 4.78 is 10.3. The van der Waals surface area contributed by atoms with Crippen LogP contribution in [0.15, 0.2) is 28.9 Å². The van der Waals surface area contributed by atoms with Gasteiger partial charge >= 0.3 is 0 Å². The second kappa shape index (κ2) is 4.86. The minimum atomic E-state index is -0.337. The van der Waals surface area contributed by atoms with E-state index in [9.17, 15) is 9.59 Å². The third kappa shape index (κ3) is 2.40. The zero-order valence-corrected chi connectivity index (χ0v) is 11.2. The fraction of sp³-hybridized carbons (Fsp3) is 0.143. The average Bonchev–Trinajstić information content (AvgIpc) is 2.86. The second-order valence-corrected chi connectivity index (χ2v) is 4.62. The van der Waals surface area contributed by atoms with Crippen LogP contribution in [-0.2, 0) is 4.79 Å². The summed E-state index contributed by atoms with van der Waals surface area (Å²) in [6, 6.07) is 4.70. The Morgan fingerprint density at radius 2 is 2.24 bits per heavy atom. The molecule has 1 aliphatic heterocycles. The van der Waals surface area contributed by atoms with Crippen molar-refractivity contribution < 1.29 is 18.7 Å². The second-order valence-electron chi connectivity index (χ2n) is 4.62. The molecule has 1 aromatic heterocycles. The lowest BCUT2D eigenvalue weighted by molar-refractivity contribution is -0.118. The first-order valence-corrected chi connectivity index (χ1v) is 6.26. The number of fused-ring (bicyclic) bond motifs is 1. The van der Waals surface area contributed by atoms with Gasteiger partial charge in [0.15, 0.2) is 6.61 Å². The average molecular weight is 287 g/mol. The molecule has 2 amide bonds. The molecule has 1 aliphatic rings. The zero-order valence-electron chi connectivity index (χ0n) is 11.2. The highest BCUT2D eigenvalue weighted by Gasteiger charge is 2.19. The SMILES string of the molecule is Cc1occc1C(=O)Nc1cc2c(cc1N)OCC(=O)N2. The van der Waals surface area contributed by atoms with E-state index in [1.54, 1.807) is 25.1 Å². The molecule has 0 atom stereocenters. The van der Waals surface area contributed by atoms with Gasteiger partial charge in [-0.25, -0.2) is 0 Å². The molecular weight excluding hydrogens is 274 g/mol. The van der Waals surface area contributed by atoms with Crippen LogP contribution in [0.4, 0.5) is 17.1 Å². The number of benzene rings is 1. The Morgan fingerprint density at radius 3 is 2.95 bits per heavy atom. The van der Waals surface area contributed by atoms with Crippen LogP contribution in [0.3, 0.4) is 0 Å². The summed E-state index contributed by atoms with van der Waals surface area (Å²) in [5.74, 6) is 0.399. The Morgan fingerprint density at radius 1 is 1.43 bits per heavy atom. The van der Waals surface area contributed by atoms with Crippen molar-refractivity contribution in [3.63, 3.8) is 0 Å². The molecule has 4 N–H and O–H groups in total. The molecule has 0 unspecified atom stereocenters. The molecule has 0 saturated carbocycles. The lowest BCUT2D eigenvalue weighted by Gasteiger charge is -2.20. The van der Waals surface area contributed by atoms with E-state index in [0.29, 0.717) is 34.1 Å². The summed E-state index contributed by atoms with van der Waals surface area (Å²) in [5.41, 5.74) is 7.52. The Bertz CT molecular complexity index is 736. The number of hydrogen-bond donors (Lipinski definition) is 3. The van der Waals surface area contributed by atoms with E-state index >= 15 is 0 Å². The van der Waals surface area contributed by atoms with Gasteiger partial charge in [-0.3, -0.25) is 9.59 Å². The van der Waals surface area contributed by atoms with E-state index in [1.807, 2.05) is 0 Å². The van der Waals surface area contributed by atoms with Gasteiger partial charge in [-0.05, 0) is 19.1 Å². The van der Waals surface area contributed by atoms with Gasteiger partial charge in [0.1, 0.15) is 11.5 Å². The number of ether oxygens (including phenoxy) is 1. The van der Waals surface area contributed by atoms with Crippen molar-refractivity contribution in [3.05, 3.63) is 35.8 Å². The van der Waals surface area contributed by atoms with Crippen molar-refractivity contribution in [1.29, 1.82) is 0 Å². The highest BCUT2D eigenvalue weighted by atomic mass is 16.5. The molecule has 7 heteroatoms. The summed E-state index contributed by atoms with van der Waals surface area (Å²) in [5, 5.41) is 5.35. The Kier molecular flexibility index (Phi) is 3.02. The molecule has 3 rings (SSSR count). The van der Waals surface area contributed by atoms with E-state index in [4.69, 9.17) is 14.9 Å². The summed E-state index contributed by atoms with van der Waals surface area (Å²) >= 11 is 0. The number of nitrogens with two attached hydrogens (primary N) is 1. The zero-order chi connectivity index (χ0) is 15.0. The number of furan rings is 1. The smallest absolute Gasteiger partial charge is 0.262 e. The van der Waals surface area contributed by atoms with E-state index < -0.39 is 0 Å². The topological polar surface area (TPSA) is 107 Å². The predicted molar refractivity (Wildman–Crippen MR) is 76.4 cm³/mol. The van der Waals surface area contributed by atoms with Gasteiger partial charge in [-0.15, -0.1) is 0 Å². The number of aryl methyl sites for hydroxylation is 1. The minimum Gasteiger partial charge on any atom is -0.482 e. The van der Waals surface area contributed by atoms with E-state index in [0.717, 1.165) is 0 Å². The van der Waals surface area contributed by atoms with Gasteiger partial charge in [0.25, 0.3) is 11.8 Å². The lowest BCUT2D eigenvalue weighted by atomic mass is 10.2. The first kappa shape index (κ1) is 13.0. The van der Waals surface area contributed by atoms with E-state index in [1.165, 1.54) is 6.26 Å². The Balaban J connectivity index is 1.89. The molecule has 1 aromatic carbocycles. The predicted octanol–water partition coefficient (Wildman–Crippen LogP) is 1.75. The Labute approximate surface area is 120 Å². The van der Waals surface area contributed by atoms with Crippen molar-refractivity contribution in [3.8, 4) is 5.75 Å². The quantitative estimate of drug-likeness (QED) is 0.729. The van der Waals surface area contributed by atoms with Crippen LogP contribution in [0.25, 0.3) is 0 Å². The fourth-order valence-electron chi connectivity index (χ4n) is 2.06. The molecule has 7 nitrogen and oxygen atoms in total. The molecule has 0 spiro atoms. The number of nitrogens with one attached hydrogen (secondary N) is 2. The molecular formula is C14H13N3O4. The highest BCUT2D eigenvalue weighted by molar-refractivity contribution is 6.07. The largest absolute Gasteiger partial charge is 0.482 e. The highest BCUT2D eigenvalue weighted by Crippen LogP contribution is 2.35. The van der Waals surface area contributed by atoms with Gasteiger partial charge < -0.3 is 25.5 Å².